The molecule has 0 aromatic heterocycles. The molecule has 0 aromatic carbocycles. The van der Waals surface area contributed by atoms with Crippen molar-refractivity contribution in [1.29, 1.82) is 0 Å². The van der Waals surface area contributed by atoms with E-state index >= 15 is 0 Å². The van der Waals surface area contributed by atoms with E-state index in [-0.39, 0.29) is 24.0 Å². The van der Waals surface area contributed by atoms with Gasteiger partial charge in [0, 0.05) is 26.7 Å². The molecule has 122 valence electrons. The quantitative estimate of drug-likeness (QED) is 0.420. The van der Waals surface area contributed by atoms with Gasteiger partial charge in [-0.05, 0) is 37.5 Å². The van der Waals surface area contributed by atoms with Gasteiger partial charge in [0.1, 0.15) is 0 Å². The van der Waals surface area contributed by atoms with Gasteiger partial charge in [-0.15, -0.1) is 24.0 Å². The second-order valence-corrected chi connectivity index (χ2v) is 7.04. The molecule has 0 spiro atoms. The molecule has 0 aromatic rings. The number of likely N-dealkylation sites (tertiary alicyclic amines) is 1. The minimum Gasteiger partial charge on any atom is -0.388 e. The summed E-state index contributed by atoms with van der Waals surface area (Å²) in [5.41, 5.74) is -0.498. The zero-order valence-electron chi connectivity index (χ0n) is 13.2. The van der Waals surface area contributed by atoms with Crippen LogP contribution in [0.15, 0.2) is 4.99 Å². The van der Waals surface area contributed by atoms with Gasteiger partial charge in [-0.25, -0.2) is 0 Å². The van der Waals surface area contributed by atoms with E-state index in [0.717, 1.165) is 56.6 Å². The van der Waals surface area contributed by atoms with E-state index in [4.69, 9.17) is 0 Å². The van der Waals surface area contributed by atoms with Crippen molar-refractivity contribution in [3.8, 4) is 0 Å². The molecule has 2 atom stereocenters. The Bertz CT molecular complexity index is 355. The summed E-state index contributed by atoms with van der Waals surface area (Å²) in [6.45, 7) is 2.97. The van der Waals surface area contributed by atoms with Gasteiger partial charge in [0.05, 0.1) is 5.60 Å². The second-order valence-electron chi connectivity index (χ2n) is 7.04. The molecule has 4 nitrogen and oxygen atoms in total. The van der Waals surface area contributed by atoms with E-state index in [2.05, 4.69) is 15.2 Å². The normalized spacial score (nSPS) is 31.7. The molecule has 0 amide bonds. The van der Waals surface area contributed by atoms with Crippen molar-refractivity contribution in [3.63, 3.8) is 0 Å². The summed E-state index contributed by atoms with van der Waals surface area (Å²) in [6.07, 6.45) is 9.77. The molecule has 2 unspecified atom stereocenters. The number of hydrogen-bond donors (Lipinski definition) is 2. The number of hydrogen-bond acceptors (Lipinski definition) is 2. The average Bonchev–Trinajstić information content (AvgIpc) is 3.06. The molecular weight excluding hydrogens is 377 g/mol. The van der Waals surface area contributed by atoms with Crippen molar-refractivity contribution in [1.82, 2.24) is 10.2 Å². The fourth-order valence-corrected chi connectivity index (χ4v) is 4.36. The molecule has 2 N–H and O–H groups in total. The lowest BCUT2D eigenvalue weighted by Crippen LogP contribution is -2.47. The summed E-state index contributed by atoms with van der Waals surface area (Å²) < 4.78 is 0. The number of fused-ring (bicyclic) bond motifs is 1. The number of nitrogens with one attached hydrogen (secondary N) is 1. The van der Waals surface area contributed by atoms with E-state index in [1.54, 1.807) is 0 Å². The maximum absolute atomic E-state index is 10.4. The van der Waals surface area contributed by atoms with Crippen molar-refractivity contribution in [2.75, 3.05) is 26.7 Å². The van der Waals surface area contributed by atoms with Crippen LogP contribution in [0.5, 0.6) is 0 Å². The molecule has 1 aliphatic heterocycles. The monoisotopic (exact) mass is 407 g/mol. The first kappa shape index (κ1) is 17.3. The third kappa shape index (κ3) is 4.03. The number of rotatable bonds is 2. The van der Waals surface area contributed by atoms with Crippen LogP contribution < -0.4 is 5.32 Å². The molecule has 1 saturated heterocycles. The van der Waals surface area contributed by atoms with Crippen LogP contribution in [-0.4, -0.2) is 48.2 Å². The van der Waals surface area contributed by atoms with Gasteiger partial charge in [-0.3, -0.25) is 4.99 Å². The topological polar surface area (TPSA) is 47.9 Å². The van der Waals surface area contributed by atoms with Crippen LogP contribution >= 0.6 is 24.0 Å². The molecule has 21 heavy (non-hydrogen) atoms. The van der Waals surface area contributed by atoms with Gasteiger partial charge in [-0.2, -0.15) is 0 Å². The summed E-state index contributed by atoms with van der Waals surface area (Å²) in [6, 6.07) is 0. The van der Waals surface area contributed by atoms with Crippen LogP contribution in [0.4, 0.5) is 0 Å². The predicted octanol–water partition coefficient (Wildman–Crippen LogP) is 2.61. The number of aliphatic imine (C=N–C) groups is 1. The SMILES string of the molecule is CN=C(NCC1(O)CCCC1)N1CC2CCCCC2C1.I. The minimum absolute atomic E-state index is 0. The van der Waals surface area contributed by atoms with E-state index in [1.165, 1.54) is 25.7 Å². The van der Waals surface area contributed by atoms with Crippen LogP contribution in [0.2, 0.25) is 0 Å². The van der Waals surface area contributed by atoms with Crippen molar-refractivity contribution >= 4 is 29.9 Å². The molecule has 3 aliphatic rings. The fourth-order valence-electron chi connectivity index (χ4n) is 4.36. The summed E-state index contributed by atoms with van der Waals surface area (Å²) >= 11 is 0. The molecule has 0 radical (unpaired) electrons. The summed E-state index contributed by atoms with van der Waals surface area (Å²) in [5, 5.41) is 13.9. The third-order valence-electron chi connectivity index (χ3n) is 5.60. The number of guanidine groups is 1. The Morgan fingerprint density at radius 3 is 2.24 bits per heavy atom. The van der Waals surface area contributed by atoms with E-state index in [0.29, 0.717) is 6.54 Å². The number of nitrogens with zero attached hydrogens (tertiary/aromatic N) is 2. The maximum atomic E-state index is 10.4. The zero-order valence-corrected chi connectivity index (χ0v) is 15.5. The highest BCUT2D eigenvalue weighted by atomic mass is 127. The lowest BCUT2D eigenvalue weighted by atomic mass is 9.82. The first-order valence-corrected chi connectivity index (χ1v) is 8.38. The highest BCUT2D eigenvalue weighted by Gasteiger charge is 2.36. The predicted molar refractivity (Wildman–Crippen MR) is 97.2 cm³/mol. The molecule has 0 bridgehead atoms. The first-order chi connectivity index (χ1) is 9.70. The van der Waals surface area contributed by atoms with Gasteiger partial charge in [0.2, 0.25) is 0 Å². The second kappa shape index (κ2) is 7.49. The van der Waals surface area contributed by atoms with Crippen molar-refractivity contribution in [3.05, 3.63) is 0 Å². The lowest BCUT2D eigenvalue weighted by Gasteiger charge is -2.27. The molecule has 2 aliphatic carbocycles. The highest BCUT2D eigenvalue weighted by Crippen LogP contribution is 2.36. The van der Waals surface area contributed by atoms with Gasteiger partial charge >= 0.3 is 0 Å². The summed E-state index contributed by atoms with van der Waals surface area (Å²) in [5.74, 6) is 2.74. The molecule has 5 heteroatoms. The molecule has 2 saturated carbocycles. The third-order valence-corrected chi connectivity index (χ3v) is 5.60. The highest BCUT2D eigenvalue weighted by molar-refractivity contribution is 14.0. The van der Waals surface area contributed by atoms with Gasteiger partial charge in [-0.1, -0.05) is 25.7 Å². The first-order valence-electron chi connectivity index (χ1n) is 8.38. The number of halogens is 1. The average molecular weight is 407 g/mol. The van der Waals surface area contributed by atoms with Crippen LogP contribution in [-0.2, 0) is 0 Å². The largest absolute Gasteiger partial charge is 0.388 e. The van der Waals surface area contributed by atoms with E-state index in [9.17, 15) is 5.11 Å². The lowest BCUT2D eigenvalue weighted by molar-refractivity contribution is 0.0516. The van der Waals surface area contributed by atoms with Crippen LogP contribution in [0.1, 0.15) is 51.4 Å². The Hall–Kier alpha value is -0.0400. The summed E-state index contributed by atoms with van der Waals surface area (Å²) in [7, 11) is 1.86. The van der Waals surface area contributed by atoms with Crippen LogP contribution in [0.3, 0.4) is 0 Å². The Morgan fingerprint density at radius 2 is 1.71 bits per heavy atom. The molecule has 3 fully saturated rings. The smallest absolute Gasteiger partial charge is 0.193 e. The Labute approximate surface area is 145 Å². The van der Waals surface area contributed by atoms with Crippen molar-refractivity contribution < 1.29 is 5.11 Å². The maximum Gasteiger partial charge on any atom is 0.193 e. The van der Waals surface area contributed by atoms with E-state index < -0.39 is 5.60 Å². The number of aliphatic hydroxyl groups is 1. The van der Waals surface area contributed by atoms with Crippen LogP contribution in [0.25, 0.3) is 0 Å². The Morgan fingerprint density at radius 1 is 1.14 bits per heavy atom. The van der Waals surface area contributed by atoms with Crippen LogP contribution in [0, 0.1) is 11.8 Å². The zero-order chi connectivity index (χ0) is 14.0. The van der Waals surface area contributed by atoms with Crippen molar-refractivity contribution in [2.24, 2.45) is 16.8 Å². The molecule has 1 heterocycles. The Balaban J connectivity index is 0.00000161. The molecule has 3 rings (SSSR count). The van der Waals surface area contributed by atoms with Gasteiger partial charge < -0.3 is 15.3 Å². The Kier molecular flexibility index (Phi) is 6.17. The van der Waals surface area contributed by atoms with Gasteiger partial charge in [0.15, 0.2) is 5.96 Å². The van der Waals surface area contributed by atoms with Gasteiger partial charge in [0.25, 0.3) is 0 Å². The van der Waals surface area contributed by atoms with E-state index in [1.807, 2.05) is 7.05 Å². The van der Waals surface area contributed by atoms with Crippen molar-refractivity contribution in [2.45, 2.75) is 57.0 Å². The summed E-state index contributed by atoms with van der Waals surface area (Å²) in [4.78, 5) is 6.86. The fraction of sp³-hybridized carbons (Fsp3) is 0.938. The minimum atomic E-state index is -0.498. The standard InChI is InChI=1S/C16H29N3O.HI/c1-17-15(18-12-16(20)8-4-5-9-16)19-10-13-6-2-3-7-14(13)11-19;/h13-14,20H,2-12H2,1H3,(H,17,18);1H. The molecular formula is C16H30IN3O.